The average Bonchev–Trinajstić information content (AvgIpc) is 3.19. The Balaban J connectivity index is 1.97. The number of hydrogen-bond acceptors (Lipinski definition) is 5. The SMILES string of the molecule is N#CC1(C#N)C(C#N)(C#N)C12C(=O)N(Cc1ccccc1)c1ccccc12. The lowest BCUT2D eigenvalue weighted by Gasteiger charge is -2.18. The van der Waals surface area contributed by atoms with E-state index in [1.54, 1.807) is 24.3 Å². The lowest BCUT2D eigenvalue weighted by molar-refractivity contribution is -0.121. The van der Waals surface area contributed by atoms with E-state index in [1.165, 1.54) is 4.90 Å². The van der Waals surface area contributed by atoms with Gasteiger partial charge in [0, 0.05) is 5.69 Å². The molecule has 1 aliphatic carbocycles. The van der Waals surface area contributed by atoms with Gasteiger partial charge in [0.25, 0.3) is 0 Å². The van der Waals surface area contributed by atoms with Gasteiger partial charge in [-0.3, -0.25) is 4.79 Å². The summed E-state index contributed by atoms with van der Waals surface area (Å²) in [5.41, 5.74) is -4.11. The largest absolute Gasteiger partial charge is 0.307 e. The predicted molar refractivity (Wildman–Crippen MR) is 93.1 cm³/mol. The zero-order chi connectivity index (χ0) is 19.3. The number of nitrogens with zero attached hydrogens (tertiary/aromatic N) is 5. The second-order valence-electron chi connectivity index (χ2n) is 6.59. The lowest BCUT2D eigenvalue weighted by Crippen LogP contribution is -2.36. The van der Waals surface area contributed by atoms with Crippen molar-refractivity contribution in [2.24, 2.45) is 10.8 Å². The zero-order valence-electron chi connectivity index (χ0n) is 14.0. The molecular formula is C21H11N5O. The van der Waals surface area contributed by atoms with Gasteiger partial charge < -0.3 is 4.90 Å². The topological polar surface area (TPSA) is 115 Å². The van der Waals surface area contributed by atoms with Crippen molar-refractivity contribution in [3.05, 3.63) is 65.7 Å². The van der Waals surface area contributed by atoms with Crippen LogP contribution in [-0.2, 0) is 16.8 Å². The Morgan fingerprint density at radius 1 is 0.778 bits per heavy atom. The van der Waals surface area contributed by atoms with Gasteiger partial charge in [-0.1, -0.05) is 48.5 Å². The smallest absolute Gasteiger partial charge is 0.243 e. The fraction of sp³-hybridized carbons (Fsp3) is 0.190. The van der Waals surface area contributed by atoms with E-state index in [-0.39, 0.29) is 6.54 Å². The fourth-order valence-corrected chi connectivity index (χ4v) is 4.38. The summed E-state index contributed by atoms with van der Waals surface area (Å²) in [6, 6.07) is 23.3. The summed E-state index contributed by atoms with van der Waals surface area (Å²) < 4.78 is 0. The molecule has 4 rings (SSSR count). The van der Waals surface area contributed by atoms with Crippen molar-refractivity contribution < 1.29 is 4.79 Å². The van der Waals surface area contributed by atoms with Crippen molar-refractivity contribution in [3.8, 4) is 24.3 Å². The average molecular weight is 349 g/mol. The summed E-state index contributed by atoms with van der Waals surface area (Å²) in [5.74, 6) is -0.557. The molecule has 1 heterocycles. The van der Waals surface area contributed by atoms with Crippen LogP contribution >= 0.6 is 0 Å². The molecule has 1 saturated carbocycles. The van der Waals surface area contributed by atoms with E-state index >= 15 is 0 Å². The molecule has 0 radical (unpaired) electrons. The molecular weight excluding hydrogens is 338 g/mol. The van der Waals surface area contributed by atoms with Crippen LogP contribution in [0, 0.1) is 56.2 Å². The molecule has 0 bridgehead atoms. The molecule has 126 valence electrons. The number of para-hydroxylation sites is 1. The monoisotopic (exact) mass is 349 g/mol. The number of amides is 1. The summed E-state index contributed by atoms with van der Waals surface area (Å²) in [5, 5.41) is 39.0. The fourth-order valence-electron chi connectivity index (χ4n) is 4.38. The van der Waals surface area contributed by atoms with Crippen molar-refractivity contribution in [3.63, 3.8) is 0 Å². The van der Waals surface area contributed by atoms with Gasteiger partial charge in [0.2, 0.25) is 5.91 Å². The molecule has 2 aliphatic rings. The minimum Gasteiger partial charge on any atom is -0.307 e. The molecule has 6 nitrogen and oxygen atoms in total. The van der Waals surface area contributed by atoms with E-state index in [4.69, 9.17) is 0 Å². The Morgan fingerprint density at radius 2 is 1.30 bits per heavy atom. The minimum atomic E-state index is -2.04. The molecule has 27 heavy (non-hydrogen) atoms. The Labute approximate surface area is 155 Å². The highest BCUT2D eigenvalue weighted by atomic mass is 16.2. The molecule has 2 aromatic rings. The van der Waals surface area contributed by atoms with Crippen LogP contribution < -0.4 is 4.90 Å². The van der Waals surface area contributed by atoms with Gasteiger partial charge in [-0.25, -0.2) is 0 Å². The van der Waals surface area contributed by atoms with Crippen molar-refractivity contribution in [1.82, 2.24) is 0 Å². The minimum absolute atomic E-state index is 0.221. The molecule has 0 N–H and O–H groups in total. The summed E-state index contributed by atoms with van der Waals surface area (Å²) in [6.07, 6.45) is 0. The molecule has 0 unspecified atom stereocenters. The van der Waals surface area contributed by atoms with Crippen molar-refractivity contribution >= 4 is 11.6 Å². The Morgan fingerprint density at radius 3 is 1.85 bits per heavy atom. The van der Waals surface area contributed by atoms with Crippen LogP contribution in [0.1, 0.15) is 11.1 Å². The van der Waals surface area contributed by atoms with E-state index in [9.17, 15) is 25.8 Å². The quantitative estimate of drug-likeness (QED) is 0.826. The van der Waals surface area contributed by atoms with Crippen molar-refractivity contribution in [1.29, 1.82) is 21.0 Å². The molecule has 6 heteroatoms. The highest BCUT2D eigenvalue weighted by Gasteiger charge is 2.98. The lowest BCUT2D eigenvalue weighted by atomic mass is 9.87. The molecule has 1 spiro atoms. The first-order chi connectivity index (χ1) is 13.1. The number of carbonyl (C=O) groups is 1. The van der Waals surface area contributed by atoms with Gasteiger partial charge in [0.15, 0.2) is 10.8 Å². The van der Waals surface area contributed by atoms with Gasteiger partial charge in [-0.2, -0.15) is 21.0 Å². The van der Waals surface area contributed by atoms with Crippen LogP contribution in [-0.4, -0.2) is 5.91 Å². The zero-order valence-corrected chi connectivity index (χ0v) is 14.0. The molecule has 0 atom stereocenters. The third-order valence-electron chi connectivity index (χ3n) is 5.64. The normalized spacial score (nSPS) is 19.3. The first-order valence-corrected chi connectivity index (χ1v) is 8.20. The molecule has 1 fully saturated rings. The highest BCUT2D eigenvalue weighted by molar-refractivity contribution is 6.15. The van der Waals surface area contributed by atoms with Gasteiger partial charge in [-0.15, -0.1) is 0 Å². The predicted octanol–water partition coefficient (Wildman–Crippen LogP) is 2.55. The maximum atomic E-state index is 13.5. The molecule has 0 saturated heterocycles. The molecule has 1 amide bonds. The maximum Gasteiger partial charge on any atom is 0.243 e. The number of nitriles is 4. The summed E-state index contributed by atoms with van der Waals surface area (Å²) in [4.78, 5) is 15.0. The van der Waals surface area contributed by atoms with E-state index in [0.29, 0.717) is 11.3 Å². The number of anilines is 1. The second-order valence-corrected chi connectivity index (χ2v) is 6.59. The Kier molecular flexibility index (Phi) is 3.14. The second kappa shape index (κ2) is 5.18. The third-order valence-corrected chi connectivity index (χ3v) is 5.64. The van der Waals surface area contributed by atoms with Crippen LogP contribution in [0.25, 0.3) is 0 Å². The summed E-state index contributed by atoms with van der Waals surface area (Å²) in [6.45, 7) is 0.221. The number of fused-ring (bicyclic) bond motifs is 2. The van der Waals surface area contributed by atoms with Crippen molar-refractivity contribution in [2.75, 3.05) is 4.90 Å². The Hall–Kier alpha value is -4.13. The standard InChI is InChI=1S/C21H11N5O/c22-11-19(12-23)20(13-24,14-25)21(19)16-8-4-5-9-17(16)26(18(21)27)10-15-6-2-1-3-7-15/h1-9H,10H2. The van der Waals surface area contributed by atoms with Crippen LogP contribution in [0.2, 0.25) is 0 Å². The van der Waals surface area contributed by atoms with E-state index in [2.05, 4.69) is 0 Å². The third kappa shape index (κ3) is 1.50. The number of rotatable bonds is 2. The number of hydrogen-bond donors (Lipinski definition) is 0. The van der Waals surface area contributed by atoms with E-state index in [0.717, 1.165) is 5.56 Å². The van der Waals surface area contributed by atoms with Crippen LogP contribution in [0.5, 0.6) is 0 Å². The number of benzene rings is 2. The van der Waals surface area contributed by atoms with E-state index < -0.39 is 22.2 Å². The summed E-state index contributed by atoms with van der Waals surface area (Å²) >= 11 is 0. The van der Waals surface area contributed by atoms with E-state index in [1.807, 2.05) is 54.6 Å². The summed E-state index contributed by atoms with van der Waals surface area (Å²) in [7, 11) is 0. The molecule has 2 aromatic carbocycles. The first-order valence-electron chi connectivity index (χ1n) is 8.20. The first kappa shape index (κ1) is 16.3. The van der Waals surface area contributed by atoms with Crippen LogP contribution in [0.15, 0.2) is 54.6 Å². The van der Waals surface area contributed by atoms with Crippen molar-refractivity contribution in [2.45, 2.75) is 12.0 Å². The van der Waals surface area contributed by atoms with Crippen LogP contribution in [0.4, 0.5) is 5.69 Å². The van der Waals surface area contributed by atoms with Gasteiger partial charge in [0.1, 0.15) is 5.41 Å². The van der Waals surface area contributed by atoms with Crippen LogP contribution in [0.3, 0.4) is 0 Å². The molecule has 0 aromatic heterocycles. The molecule has 1 aliphatic heterocycles. The highest BCUT2D eigenvalue weighted by Crippen LogP contribution is 2.80. The van der Waals surface area contributed by atoms with Gasteiger partial charge in [0.05, 0.1) is 30.8 Å². The number of carbonyl (C=O) groups excluding carboxylic acids is 1. The van der Waals surface area contributed by atoms with Gasteiger partial charge >= 0.3 is 0 Å². The Bertz CT molecular complexity index is 1070. The van der Waals surface area contributed by atoms with Gasteiger partial charge in [-0.05, 0) is 17.2 Å². The maximum absolute atomic E-state index is 13.5.